The van der Waals surface area contributed by atoms with Gasteiger partial charge in [-0.15, -0.1) is 0 Å². The van der Waals surface area contributed by atoms with Gasteiger partial charge in [-0.2, -0.15) is 0 Å². The molecule has 1 aromatic carbocycles. The maximum atomic E-state index is 6.05. The minimum Gasteiger partial charge on any atom is -0.489 e. The third-order valence-electron chi connectivity index (χ3n) is 2.90. The van der Waals surface area contributed by atoms with Crippen LogP contribution in [0.15, 0.2) is 18.2 Å². The Morgan fingerprint density at radius 3 is 2.39 bits per heavy atom. The molecule has 0 amide bonds. The van der Waals surface area contributed by atoms with E-state index in [1.54, 1.807) is 0 Å². The summed E-state index contributed by atoms with van der Waals surface area (Å²) in [4.78, 5) is 0. The van der Waals surface area contributed by atoms with Crippen LogP contribution < -0.4 is 15.2 Å². The molecule has 0 bridgehead atoms. The van der Waals surface area contributed by atoms with Crippen molar-refractivity contribution in [1.29, 1.82) is 0 Å². The van der Waals surface area contributed by atoms with E-state index in [0.717, 1.165) is 17.9 Å². The summed E-state index contributed by atoms with van der Waals surface area (Å²) >= 11 is 0. The molecule has 0 radical (unpaired) electrons. The lowest BCUT2D eigenvalue weighted by molar-refractivity contribution is 0.140. The minimum atomic E-state index is -0.209. The van der Waals surface area contributed by atoms with E-state index in [1.165, 1.54) is 5.56 Å². The van der Waals surface area contributed by atoms with Crippen LogP contribution in [0.25, 0.3) is 0 Å². The average Bonchev–Trinajstić information content (AvgIpc) is 2.36. The maximum Gasteiger partial charge on any atom is 0.161 e. The highest BCUT2D eigenvalue weighted by molar-refractivity contribution is 5.44. The predicted octanol–water partition coefficient (Wildman–Crippen LogP) is 2.76. The van der Waals surface area contributed by atoms with Gasteiger partial charge in [-0.25, -0.2) is 0 Å². The molecule has 0 aromatic heterocycles. The van der Waals surface area contributed by atoms with Gasteiger partial charge < -0.3 is 15.2 Å². The number of hydrogen-bond acceptors (Lipinski definition) is 3. The van der Waals surface area contributed by atoms with Crippen molar-refractivity contribution < 1.29 is 9.47 Å². The number of benzene rings is 1. The Labute approximate surface area is 109 Å². The van der Waals surface area contributed by atoms with Gasteiger partial charge in [0.15, 0.2) is 11.5 Å². The number of ether oxygens (including phenoxy) is 2. The lowest BCUT2D eigenvalue weighted by Crippen LogP contribution is -2.34. The molecule has 0 aliphatic carbocycles. The molecule has 1 aliphatic rings. The van der Waals surface area contributed by atoms with E-state index in [0.29, 0.717) is 13.2 Å². The molecule has 0 atom stereocenters. The van der Waals surface area contributed by atoms with Gasteiger partial charge in [-0.1, -0.05) is 19.9 Å². The Balaban J connectivity index is 2.21. The monoisotopic (exact) mass is 249 g/mol. The number of rotatable bonds is 2. The van der Waals surface area contributed by atoms with Crippen LogP contribution in [-0.2, 0) is 6.42 Å². The lowest BCUT2D eigenvalue weighted by Gasteiger charge is -2.19. The van der Waals surface area contributed by atoms with Crippen molar-refractivity contribution in [2.75, 3.05) is 13.2 Å². The highest BCUT2D eigenvalue weighted by Crippen LogP contribution is 2.34. The van der Waals surface area contributed by atoms with Crippen LogP contribution in [0.5, 0.6) is 11.5 Å². The van der Waals surface area contributed by atoms with Crippen molar-refractivity contribution in [1.82, 2.24) is 0 Å². The van der Waals surface area contributed by atoms with Crippen LogP contribution in [0.2, 0.25) is 0 Å². The Kier molecular flexibility index (Phi) is 3.28. The van der Waals surface area contributed by atoms with E-state index in [-0.39, 0.29) is 11.0 Å². The van der Waals surface area contributed by atoms with Crippen LogP contribution in [0.1, 0.15) is 33.3 Å². The predicted molar refractivity (Wildman–Crippen MR) is 73.2 cm³/mol. The van der Waals surface area contributed by atoms with Crippen LogP contribution in [0.4, 0.5) is 0 Å². The molecule has 0 saturated carbocycles. The number of nitrogens with two attached hydrogens (primary N) is 1. The largest absolute Gasteiger partial charge is 0.489 e. The molecule has 18 heavy (non-hydrogen) atoms. The second kappa shape index (κ2) is 4.47. The van der Waals surface area contributed by atoms with Gasteiger partial charge in [0.05, 0.1) is 13.2 Å². The average molecular weight is 249 g/mol. The summed E-state index contributed by atoms with van der Waals surface area (Å²) in [5.41, 5.74) is 7.07. The lowest BCUT2D eigenvalue weighted by atomic mass is 9.96. The van der Waals surface area contributed by atoms with E-state index in [4.69, 9.17) is 15.2 Å². The second-order valence-electron chi connectivity index (χ2n) is 6.69. The van der Waals surface area contributed by atoms with Crippen molar-refractivity contribution in [3.05, 3.63) is 23.8 Å². The molecule has 100 valence electrons. The SMILES string of the molecule is CC(C)(N)Cc1ccc2c(c1)OCC(C)(C)CO2. The minimum absolute atomic E-state index is 0.0479. The number of hydrogen-bond donors (Lipinski definition) is 1. The fraction of sp³-hybridized carbons (Fsp3) is 0.600. The Bertz CT molecular complexity index is 433. The van der Waals surface area contributed by atoms with E-state index < -0.39 is 0 Å². The Hall–Kier alpha value is -1.22. The molecule has 0 unspecified atom stereocenters. The van der Waals surface area contributed by atoms with Crippen LogP contribution in [0, 0.1) is 5.41 Å². The molecule has 0 fully saturated rings. The van der Waals surface area contributed by atoms with Gasteiger partial charge in [0.1, 0.15) is 0 Å². The summed E-state index contributed by atoms with van der Waals surface area (Å²) in [5.74, 6) is 1.67. The Morgan fingerprint density at radius 2 is 1.78 bits per heavy atom. The molecular weight excluding hydrogens is 226 g/mol. The zero-order valence-electron chi connectivity index (χ0n) is 11.7. The first-order chi connectivity index (χ1) is 8.25. The van der Waals surface area contributed by atoms with Crippen molar-refractivity contribution >= 4 is 0 Å². The molecule has 3 heteroatoms. The maximum absolute atomic E-state index is 6.05. The summed E-state index contributed by atoms with van der Waals surface area (Å²) in [5, 5.41) is 0. The summed E-state index contributed by atoms with van der Waals surface area (Å²) in [7, 11) is 0. The van der Waals surface area contributed by atoms with Gasteiger partial charge in [0.2, 0.25) is 0 Å². The van der Waals surface area contributed by atoms with E-state index >= 15 is 0 Å². The molecule has 2 rings (SSSR count). The van der Waals surface area contributed by atoms with E-state index in [1.807, 2.05) is 26.0 Å². The van der Waals surface area contributed by atoms with Crippen LogP contribution >= 0.6 is 0 Å². The standard InChI is InChI=1S/C15H23NO2/c1-14(2)9-17-12-6-5-11(8-15(3,4)16)7-13(12)18-10-14/h5-7H,8-10,16H2,1-4H3. The van der Waals surface area contributed by atoms with Gasteiger partial charge >= 0.3 is 0 Å². The van der Waals surface area contributed by atoms with Crippen molar-refractivity contribution in [2.45, 2.75) is 39.7 Å². The molecule has 0 spiro atoms. The van der Waals surface area contributed by atoms with Gasteiger partial charge in [-0.3, -0.25) is 0 Å². The fourth-order valence-electron chi connectivity index (χ4n) is 2.01. The summed E-state index contributed by atoms with van der Waals surface area (Å²) in [6.45, 7) is 9.70. The quantitative estimate of drug-likeness (QED) is 0.876. The fourth-order valence-corrected chi connectivity index (χ4v) is 2.01. The molecule has 1 aliphatic heterocycles. The topological polar surface area (TPSA) is 44.5 Å². The summed E-state index contributed by atoms with van der Waals surface area (Å²) < 4.78 is 11.6. The first-order valence-corrected chi connectivity index (χ1v) is 6.43. The molecule has 0 saturated heterocycles. The number of fused-ring (bicyclic) bond motifs is 1. The van der Waals surface area contributed by atoms with Crippen molar-refractivity contribution in [3.63, 3.8) is 0 Å². The molecular formula is C15H23NO2. The first kappa shape index (κ1) is 13.2. The highest BCUT2D eigenvalue weighted by Gasteiger charge is 2.25. The van der Waals surface area contributed by atoms with Gasteiger partial charge in [0, 0.05) is 11.0 Å². The first-order valence-electron chi connectivity index (χ1n) is 6.43. The second-order valence-corrected chi connectivity index (χ2v) is 6.69. The summed E-state index contributed by atoms with van der Waals surface area (Å²) in [6.07, 6.45) is 0.826. The molecule has 2 N–H and O–H groups in total. The zero-order valence-corrected chi connectivity index (χ0v) is 11.7. The molecule has 3 nitrogen and oxygen atoms in total. The zero-order chi connectivity index (χ0) is 13.4. The van der Waals surface area contributed by atoms with Gasteiger partial charge in [0.25, 0.3) is 0 Å². The highest BCUT2D eigenvalue weighted by atomic mass is 16.5. The Morgan fingerprint density at radius 1 is 1.17 bits per heavy atom. The third-order valence-corrected chi connectivity index (χ3v) is 2.90. The third kappa shape index (κ3) is 3.39. The van der Waals surface area contributed by atoms with Crippen molar-refractivity contribution in [2.24, 2.45) is 11.1 Å². The van der Waals surface area contributed by atoms with E-state index in [9.17, 15) is 0 Å². The molecule has 1 heterocycles. The summed E-state index contributed by atoms with van der Waals surface area (Å²) in [6, 6.07) is 6.10. The van der Waals surface area contributed by atoms with Crippen LogP contribution in [0.3, 0.4) is 0 Å². The van der Waals surface area contributed by atoms with Crippen molar-refractivity contribution in [3.8, 4) is 11.5 Å². The van der Waals surface area contributed by atoms with E-state index in [2.05, 4.69) is 19.9 Å². The van der Waals surface area contributed by atoms with Gasteiger partial charge in [-0.05, 0) is 38.0 Å². The normalized spacial score (nSPS) is 18.3. The van der Waals surface area contributed by atoms with Crippen LogP contribution in [-0.4, -0.2) is 18.8 Å². The smallest absolute Gasteiger partial charge is 0.161 e. The molecule has 1 aromatic rings.